The van der Waals surface area contributed by atoms with Crippen molar-refractivity contribution in [3.63, 3.8) is 0 Å². The first kappa shape index (κ1) is 15.3. The monoisotopic (exact) mass is 418 g/mol. The van der Waals surface area contributed by atoms with Gasteiger partial charge in [0.1, 0.15) is 0 Å². The summed E-state index contributed by atoms with van der Waals surface area (Å²) in [5.41, 5.74) is 1.77. The van der Waals surface area contributed by atoms with E-state index in [0.29, 0.717) is 16.0 Å². The third kappa shape index (κ3) is 3.71. The summed E-state index contributed by atoms with van der Waals surface area (Å²) < 4.78 is 1.36. The third-order valence-corrected chi connectivity index (χ3v) is 4.12. The van der Waals surface area contributed by atoms with Gasteiger partial charge >= 0.3 is 0 Å². The maximum atomic E-state index is 10.7. The van der Waals surface area contributed by atoms with Crippen LogP contribution in [0.2, 0.25) is 5.02 Å². The van der Waals surface area contributed by atoms with Gasteiger partial charge < -0.3 is 5.32 Å². The molecule has 0 aromatic heterocycles. The lowest BCUT2D eigenvalue weighted by Crippen LogP contribution is -2.00. The van der Waals surface area contributed by atoms with Gasteiger partial charge in [0.25, 0.3) is 5.69 Å². The Balaban J connectivity index is 2.11. The van der Waals surface area contributed by atoms with Crippen LogP contribution in [0.15, 0.2) is 45.3 Å². The number of nitrogens with one attached hydrogen (secondary N) is 1. The van der Waals surface area contributed by atoms with Gasteiger partial charge in [-0.15, -0.1) is 0 Å². The second kappa shape index (κ2) is 6.56. The predicted molar refractivity (Wildman–Crippen MR) is 87.3 cm³/mol. The Kier molecular flexibility index (Phi) is 5.01. The van der Waals surface area contributed by atoms with Crippen molar-refractivity contribution < 1.29 is 4.92 Å². The molecule has 1 N–H and O–H groups in total. The van der Waals surface area contributed by atoms with Crippen LogP contribution in [0.1, 0.15) is 5.56 Å². The normalized spacial score (nSPS) is 10.3. The first-order valence-corrected chi connectivity index (χ1v) is 7.55. The van der Waals surface area contributed by atoms with Crippen LogP contribution in [0, 0.1) is 10.1 Å². The van der Waals surface area contributed by atoms with Gasteiger partial charge in [-0.2, -0.15) is 0 Å². The quantitative estimate of drug-likeness (QED) is 0.533. The van der Waals surface area contributed by atoms with Crippen molar-refractivity contribution in [3.05, 3.63) is 66.0 Å². The van der Waals surface area contributed by atoms with Gasteiger partial charge in [0.15, 0.2) is 0 Å². The maximum absolute atomic E-state index is 10.7. The molecule has 2 aromatic carbocycles. The van der Waals surface area contributed by atoms with Gasteiger partial charge in [-0.3, -0.25) is 10.1 Å². The topological polar surface area (TPSA) is 55.2 Å². The van der Waals surface area contributed by atoms with Crippen molar-refractivity contribution >= 4 is 54.8 Å². The second-order valence-corrected chi connectivity index (χ2v) is 6.19. The molecule has 0 unspecified atom stereocenters. The largest absolute Gasteiger partial charge is 0.381 e. The highest BCUT2D eigenvalue weighted by Crippen LogP contribution is 2.28. The fourth-order valence-electron chi connectivity index (χ4n) is 1.63. The van der Waals surface area contributed by atoms with E-state index in [1.54, 1.807) is 12.1 Å². The zero-order chi connectivity index (χ0) is 14.7. The summed E-state index contributed by atoms with van der Waals surface area (Å²) in [6, 6.07) is 10.4. The van der Waals surface area contributed by atoms with Gasteiger partial charge in [-0.25, -0.2) is 0 Å². The molecule has 2 aromatic rings. The first-order valence-electron chi connectivity index (χ1n) is 5.59. The van der Waals surface area contributed by atoms with Crippen LogP contribution in [-0.2, 0) is 6.54 Å². The number of halogens is 3. The minimum atomic E-state index is -0.431. The fourth-order valence-corrected chi connectivity index (χ4v) is 2.89. The molecule has 0 fully saturated rings. The molecule has 0 saturated carbocycles. The second-order valence-electron chi connectivity index (χ2n) is 4.01. The zero-order valence-corrected chi connectivity index (χ0v) is 14.0. The molecular formula is C13H9Br2ClN2O2. The van der Waals surface area contributed by atoms with Crippen LogP contribution in [0.3, 0.4) is 0 Å². The molecule has 0 spiro atoms. The molecule has 0 radical (unpaired) electrons. The fraction of sp³-hybridized carbons (Fsp3) is 0.0769. The summed E-state index contributed by atoms with van der Waals surface area (Å²) in [5.74, 6) is 0. The molecule has 4 nitrogen and oxygen atoms in total. The molecule has 0 atom stereocenters. The van der Waals surface area contributed by atoms with Crippen LogP contribution in [0.5, 0.6) is 0 Å². The Morgan fingerprint density at radius 2 is 1.95 bits per heavy atom. The lowest BCUT2D eigenvalue weighted by Gasteiger charge is -2.09. The molecular weight excluding hydrogens is 411 g/mol. The average Bonchev–Trinajstić information content (AvgIpc) is 2.37. The summed E-state index contributed by atoms with van der Waals surface area (Å²) in [4.78, 5) is 10.3. The van der Waals surface area contributed by atoms with Crippen molar-refractivity contribution in [3.8, 4) is 0 Å². The number of nitro benzene ring substituents is 1. The van der Waals surface area contributed by atoms with Crippen molar-refractivity contribution in [1.29, 1.82) is 0 Å². The summed E-state index contributed by atoms with van der Waals surface area (Å²) in [6.07, 6.45) is 0. The maximum Gasteiger partial charge on any atom is 0.283 e. The molecule has 0 aliphatic carbocycles. The molecule has 0 saturated heterocycles. The van der Waals surface area contributed by atoms with Crippen LogP contribution in [0.4, 0.5) is 11.4 Å². The standard InChI is InChI=1S/C13H9Br2ClN2O2/c14-9-2-1-8(12(16)5-9)7-17-10-3-4-13(18(19)20)11(15)6-10/h1-6,17H,7H2. The van der Waals surface area contributed by atoms with E-state index in [1.165, 1.54) is 6.07 Å². The molecule has 0 heterocycles. The highest BCUT2D eigenvalue weighted by atomic mass is 79.9. The van der Waals surface area contributed by atoms with Crippen LogP contribution in [-0.4, -0.2) is 4.92 Å². The van der Waals surface area contributed by atoms with Gasteiger partial charge in [0, 0.05) is 27.8 Å². The number of anilines is 1. The Hall–Kier alpha value is -1.11. The van der Waals surface area contributed by atoms with Crippen LogP contribution >= 0.6 is 43.5 Å². The molecule has 0 bridgehead atoms. The molecule has 0 amide bonds. The molecule has 7 heteroatoms. The smallest absolute Gasteiger partial charge is 0.283 e. The summed E-state index contributed by atoms with van der Waals surface area (Å²) in [7, 11) is 0. The molecule has 104 valence electrons. The number of nitro groups is 1. The van der Waals surface area contributed by atoms with Gasteiger partial charge in [-0.05, 0) is 45.8 Å². The Morgan fingerprint density at radius 3 is 2.55 bits per heavy atom. The number of hydrogen-bond donors (Lipinski definition) is 1. The zero-order valence-electron chi connectivity index (χ0n) is 10.1. The van der Waals surface area contributed by atoms with Crippen molar-refractivity contribution in [1.82, 2.24) is 0 Å². The van der Waals surface area contributed by atoms with Crippen molar-refractivity contribution in [2.45, 2.75) is 6.54 Å². The lowest BCUT2D eigenvalue weighted by molar-refractivity contribution is -0.385. The van der Waals surface area contributed by atoms with Gasteiger partial charge in [-0.1, -0.05) is 33.6 Å². The summed E-state index contributed by atoms with van der Waals surface area (Å²) in [6.45, 7) is 0.538. The third-order valence-electron chi connectivity index (χ3n) is 2.64. The Morgan fingerprint density at radius 1 is 1.20 bits per heavy atom. The summed E-state index contributed by atoms with van der Waals surface area (Å²) >= 11 is 12.7. The predicted octanol–water partition coefficient (Wildman–Crippen LogP) is 5.39. The van der Waals surface area contributed by atoms with E-state index in [0.717, 1.165) is 15.7 Å². The molecule has 0 aliphatic heterocycles. The SMILES string of the molecule is O=[N+]([O-])c1ccc(NCc2ccc(Br)cc2Cl)cc1Br. The number of hydrogen-bond acceptors (Lipinski definition) is 3. The highest BCUT2D eigenvalue weighted by molar-refractivity contribution is 9.10. The molecule has 20 heavy (non-hydrogen) atoms. The van der Waals surface area contributed by atoms with Crippen LogP contribution in [0.25, 0.3) is 0 Å². The summed E-state index contributed by atoms with van der Waals surface area (Å²) in [5, 5.41) is 14.6. The van der Waals surface area contributed by atoms with E-state index >= 15 is 0 Å². The van der Waals surface area contributed by atoms with Gasteiger partial charge in [0.05, 0.1) is 9.40 Å². The van der Waals surface area contributed by atoms with E-state index in [2.05, 4.69) is 37.2 Å². The van der Waals surface area contributed by atoms with Crippen LogP contribution < -0.4 is 5.32 Å². The lowest BCUT2D eigenvalue weighted by atomic mass is 10.2. The Labute approximate surface area is 137 Å². The first-order chi connectivity index (χ1) is 9.47. The average molecular weight is 420 g/mol. The van der Waals surface area contributed by atoms with Crippen molar-refractivity contribution in [2.75, 3.05) is 5.32 Å². The van der Waals surface area contributed by atoms with E-state index < -0.39 is 4.92 Å². The van der Waals surface area contributed by atoms with E-state index in [9.17, 15) is 10.1 Å². The van der Waals surface area contributed by atoms with E-state index in [1.807, 2.05) is 18.2 Å². The minimum Gasteiger partial charge on any atom is -0.381 e. The molecule has 0 aliphatic rings. The Bertz CT molecular complexity index is 665. The number of benzene rings is 2. The van der Waals surface area contributed by atoms with Crippen molar-refractivity contribution in [2.24, 2.45) is 0 Å². The number of rotatable bonds is 4. The van der Waals surface area contributed by atoms with Gasteiger partial charge in [0.2, 0.25) is 0 Å². The number of nitrogens with zero attached hydrogens (tertiary/aromatic N) is 1. The minimum absolute atomic E-state index is 0.0391. The molecule has 2 rings (SSSR count). The highest BCUT2D eigenvalue weighted by Gasteiger charge is 2.11. The van der Waals surface area contributed by atoms with E-state index in [4.69, 9.17) is 11.6 Å². The van der Waals surface area contributed by atoms with E-state index in [-0.39, 0.29) is 5.69 Å².